The van der Waals surface area contributed by atoms with Gasteiger partial charge in [-0.05, 0) is 78.9 Å². The van der Waals surface area contributed by atoms with Gasteiger partial charge in [-0.2, -0.15) is 0 Å². The maximum atomic E-state index is 11.6. The van der Waals surface area contributed by atoms with E-state index in [0.717, 1.165) is 33.5 Å². The third-order valence-corrected chi connectivity index (χ3v) is 7.13. The van der Waals surface area contributed by atoms with Gasteiger partial charge in [-0.15, -0.1) is 0 Å². The third-order valence-electron chi connectivity index (χ3n) is 5.72. The Hall–Kier alpha value is -3.21. The van der Waals surface area contributed by atoms with Crippen LogP contribution >= 0.6 is 28.1 Å². The van der Waals surface area contributed by atoms with E-state index in [4.69, 9.17) is 12.2 Å². The topological polar surface area (TPSA) is 79.3 Å². The molecule has 4 aromatic rings. The minimum absolute atomic E-state index is 0.196. The van der Waals surface area contributed by atoms with Crippen LogP contribution in [0.2, 0.25) is 0 Å². The number of hydrogen-bond donors (Lipinski definition) is 2. The first-order chi connectivity index (χ1) is 16.8. The Morgan fingerprint density at radius 1 is 1.00 bits per heavy atom. The molecule has 5 rings (SSSR count). The predicted molar refractivity (Wildman–Crippen MR) is 146 cm³/mol. The molecule has 0 bridgehead atoms. The maximum absolute atomic E-state index is 11.6. The van der Waals surface area contributed by atoms with Crippen molar-refractivity contribution in [3.8, 4) is 5.69 Å². The number of halogens is 1. The molecule has 2 aromatic carbocycles. The highest BCUT2D eigenvalue weighted by Gasteiger charge is 2.42. The molecule has 2 atom stereocenters. The monoisotopic (exact) mass is 567 g/mol. The first-order valence-electron chi connectivity index (χ1n) is 10.8. The van der Waals surface area contributed by atoms with Crippen molar-refractivity contribution in [3.63, 3.8) is 0 Å². The second-order valence-electron chi connectivity index (χ2n) is 8.20. The van der Waals surface area contributed by atoms with E-state index in [-0.39, 0.29) is 12.1 Å². The molecule has 2 N–H and O–H groups in total. The second kappa shape index (κ2) is 9.44. The number of anilines is 2. The van der Waals surface area contributed by atoms with E-state index in [1.54, 1.807) is 18.3 Å². The van der Waals surface area contributed by atoms with E-state index >= 15 is 0 Å². The summed E-state index contributed by atoms with van der Waals surface area (Å²) in [7, 11) is -3.37. The van der Waals surface area contributed by atoms with Crippen LogP contribution in [0.4, 0.5) is 11.4 Å². The zero-order chi connectivity index (χ0) is 24.6. The number of nitrogens with zero attached hydrogens (tertiary/aromatic N) is 3. The van der Waals surface area contributed by atoms with Gasteiger partial charge in [-0.3, -0.25) is 9.71 Å². The number of benzene rings is 2. The van der Waals surface area contributed by atoms with Crippen molar-refractivity contribution in [1.82, 2.24) is 14.9 Å². The van der Waals surface area contributed by atoms with Gasteiger partial charge in [0.2, 0.25) is 10.0 Å². The number of rotatable bonds is 6. The van der Waals surface area contributed by atoms with E-state index < -0.39 is 10.0 Å². The van der Waals surface area contributed by atoms with Gasteiger partial charge in [0.05, 0.1) is 18.0 Å². The van der Waals surface area contributed by atoms with Gasteiger partial charge in [0, 0.05) is 39.6 Å². The highest BCUT2D eigenvalue weighted by atomic mass is 79.9. The van der Waals surface area contributed by atoms with Crippen molar-refractivity contribution in [2.45, 2.75) is 12.1 Å². The van der Waals surface area contributed by atoms with Gasteiger partial charge in [-0.25, -0.2) is 8.42 Å². The van der Waals surface area contributed by atoms with Crippen molar-refractivity contribution >= 4 is 54.7 Å². The fraction of sp³-hybridized carbons (Fsp3) is 0.120. The lowest BCUT2D eigenvalue weighted by Gasteiger charge is -2.29. The summed E-state index contributed by atoms with van der Waals surface area (Å²) in [6.45, 7) is 0. The largest absolute Gasteiger partial charge is 0.351 e. The van der Waals surface area contributed by atoms with Crippen molar-refractivity contribution < 1.29 is 8.42 Å². The van der Waals surface area contributed by atoms with Gasteiger partial charge in [0.1, 0.15) is 6.04 Å². The standard InChI is InChI=1S/C25H22BrN5O2S2/c1-35(32,33)29-18-10-12-19(13-11-18)31-24(23(28-25(31)34)21-8-2-3-14-27-21)22-9-5-15-30(22)20-7-4-6-17(26)16-20/h2-16,23-24,29H,1H3,(H,28,34)/t23-,24+/m0/s1. The number of sulfonamides is 1. The van der Waals surface area contributed by atoms with Gasteiger partial charge in [0.15, 0.2) is 5.11 Å². The summed E-state index contributed by atoms with van der Waals surface area (Å²) in [6, 6.07) is 24.9. The van der Waals surface area contributed by atoms with Crippen LogP contribution in [0.5, 0.6) is 0 Å². The number of nitrogens with one attached hydrogen (secondary N) is 2. The van der Waals surface area contributed by atoms with E-state index in [1.807, 2.05) is 54.7 Å². The Labute approximate surface area is 218 Å². The lowest BCUT2D eigenvalue weighted by atomic mass is 10.0. The molecule has 0 aliphatic carbocycles. The molecule has 2 aromatic heterocycles. The summed E-state index contributed by atoms with van der Waals surface area (Å²) in [4.78, 5) is 6.67. The Balaban J connectivity index is 1.61. The van der Waals surface area contributed by atoms with Gasteiger partial charge < -0.3 is 14.8 Å². The zero-order valence-electron chi connectivity index (χ0n) is 18.7. The Kier molecular flexibility index (Phi) is 6.35. The zero-order valence-corrected chi connectivity index (χ0v) is 21.9. The average Bonchev–Trinajstić information content (AvgIpc) is 3.43. The summed E-state index contributed by atoms with van der Waals surface area (Å²) >= 11 is 9.38. The van der Waals surface area contributed by atoms with E-state index in [0.29, 0.717) is 10.8 Å². The molecule has 178 valence electrons. The number of pyridine rings is 1. The lowest BCUT2D eigenvalue weighted by molar-refractivity contribution is 0.549. The smallest absolute Gasteiger partial charge is 0.229 e. The Morgan fingerprint density at radius 3 is 2.49 bits per heavy atom. The molecule has 0 amide bonds. The molecular formula is C25H22BrN5O2S2. The molecule has 35 heavy (non-hydrogen) atoms. The molecule has 10 heteroatoms. The fourth-order valence-corrected chi connectivity index (χ4v) is 5.63. The minimum Gasteiger partial charge on any atom is -0.351 e. The van der Waals surface area contributed by atoms with E-state index in [9.17, 15) is 8.42 Å². The van der Waals surface area contributed by atoms with Crippen LogP contribution in [0.25, 0.3) is 5.69 Å². The first-order valence-corrected chi connectivity index (χ1v) is 13.9. The molecule has 1 saturated heterocycles. The summed E-state index contributed by atoms with van der Waals surface area (Å²) in [5.74, 6) is 0. The maximum Gasteiger partial charge on any atom is 0.229 e. The fourth-order valence-electron chi connectivity index (χ4n) is 4.33. The van der Waals surface area contributed by atoms with Crippen LogP contribution in [0.3, 0.4) is 0 Å². The van der Waals surface area contributed by atoms with Gasteiger partial charge >= 0.3 is 0 Å². The minimum atomic E-state index is -3.37. The van der Waals surface area contributed by atoms with Gasteiger partial charge in [0.25, 0.3) is 0 Å². The summed E-state index contributed by atoms with van der Waals surface area (Å²) < 4.78 is 28.9. The highest BCUT2D eigenvalue weighted by molar-refractivity contribution is 9.10. The molecule has 0 spiro atoms. The SMILES string of the molecule is CS(=O)(=O)Nc1ccc(N2C(=S)N[C@@H](c3ccccn3)[C@H]2c2cccn2-c2cccc(Br)c2)cc1. The molecule has 0 unspecified atom stereocenters. The second-order valence-corrected chi connectivity index (χ2v) is 11.3. The summed E-state index contributed by atoms with van der Waals surface area (Å²) in [5.41, 5.74) is 4.25. The van der Waals surface area contributed by atoms with E-state index in [2.05, 4.69) is 58.6 Å². The van der Waals surface area contributed by atoms with Crippen LogP contribution in [-0.4, -0.2) is 29.3 Å². The lowest BCUT2D eigenvalue weighted by Crippen LogP contribution is -2.30. The molecule has 0 radical (unpaired) electrons. The Morgan fingerprint density at radius 2 is 1.80 bits per heavy atom. The van der Waals surface area contributed by atoms with E-state index in [1.165, 1.54) is 0 Å². The van der Waals surface area contributed by atoms with Crippen LogP contribution in [0.1, 0.15) is 23.5 Å². The molecule has 1 aliphatic rings. The molecule has 3 heterocycles. The van der Waals surface area contributed by atoms with Gasteiger partial charge in [-0.1, -0.05) is 28.1 Å². The van der Waals surface area contributed by atoms with Crippen LogP contribution < -0.4 is 14.9 Å². The van der Waals surface area contributed by atoms with Crippen LogP contribution in [0, 0.1) is 0 Å². The molecule has 1 fully saturated rings. The number of aromatic nitrogens is 2. The normalized spacial score (nSPS) is 17.9. The first kappa shape index (κ1) is 23.5. The Bertz CT molecular complexity index is 1470. The van der Waals surface area contributed by atoms with Crippen molar-refractivity contribution in [1.29, 1.82) is 0 Å². The average molecular weight is 569 g/mol. The number of thiocarbonyl (C=S) groups is 1. The summed E-state index contributed by atoms with van der Waals surface area (Å²) in [5, 5.41) is 4.03. The summed E-state index contributed by atoms with van der Waals surface area (Å²) in [6.07, 6.45) is 4.94. The highest BCUT2D eigenvalue weighted by Crippen LogP contribution is 2.42. The molecule has 1 aliphatic heterocycles. The van der Waals surface area contributed by atoms with Crippen molar-refractivity contribution in [3.05, 3.63) is 107 Å². The van der Waals surface area contributed by atoms with Crippen LogP contribution in [-0.2, 0) is 10.0 Å². The van der Waals surface area contributed by atoms with Crippen LogP contribution in [0.15, 0.2) is 95.7 Å². The molecule has 7 nitrogen and oxygen atoms in total. The predicted octanol–water partition coefficient (Wildman–Crippen LogP) is 5.18. The third kappa shape index (κ3) is 4.95. The number of hydrogen-bond acceptors (Lipinski definition) is 4. The molecular weight excluding hydrogens is 546 g/mol. The van der Waals surface area contributed by atoms with Crippen molar-refractivity contribution in [2.75, 3.05) is 15.9 Å². The quantitative estimate of drug-likeness (QED) is 0.312. The molecule has 0 saturated carbocycles. The van der Waals surface area contributed by atoms with Crippen molar-refractivity contribution in [2.24, 2.45) is 0 Å².